The molecule has 0 aromatic heterocycles. The van der Waals surface area contributed by atoms with Crippen molar-refractivity contribution < 1.29 is 9.18 Å². The molecule has 0 amide bonds. The van der Waals surface area contributed by atoms with Gasteiger partial charge in [-0.2, -0.15) is 0 Å². The van der Waals surface area contributed by atoms with Gasteiger partial charge in [0.05, 0.1) is 5.41 Å². The van der Waals surface area contributed by atoms with E-state index in [9.17, 15) is 9.18 Å². The zero-order valence-corrected chi connectivity index (χ0v) is 8.00. The predicted octanol–water partition coefficient (Wildman–Crippen LogP) is 2.78. The summed E-state index contributed by atoms with van der Waals surface area (Å²) in [6.07, 6.45) is 4.03. The van der Waals surface area contributed by atoms with Crippen LogP contribution in [0.3, 0.4) is 0 Å². The summed E-state index contributed by atoms with van der Waals surface area (Å²) in [5, 5.41) is 0. The van der Waals surface area contributed by atoms with Crippen LogP contribution in [0.5, 0.6) is 0 Å². The first-order valence-corrected chi connectivity index (χ1v) is 4.92. The van der Waals surface area contributed by atoms with Crippen LogP contribution in [0.25, 0.3) is 0 Å². The van der Waals surface area contributed by atoms with E-state index in [1.807, 2.05) is 12.1 Å². The van der Waals surface area contributed by atoms with E-state index >= 15 is 0 Å². The normalized spacial score (nSPS) is 18.6. The third kappa shape index (κ3) is 1.35. The van der Waals surface area contributed by atoms with E-state index in [1.54, 1.807) is 12.1 Å². The number of alkyl halides is 1. The van der Waals surface area contributed by atoms with E-state index in [0.29, 0.717) is 5.56 Å². The molecule has 0 heterocycles. The van der Waals surface area contributed by atoms with E-state index in [-0.39, 0.29) is 5.41 Å². The minimum Gasteiger partial charge on any atom is -0.302 e. The molecule has 1 nitrogen and oxygen atoms in total. The molecule has 0 spiro atoms. The van der Waals surface area contributed by atoms with Gasteiger partial charge in [0.25, 0.3) is 0 Å². The van der Waals surface area contributed by atoms with Gasteiger partial charge in [-0.3, -0.25) is 0 Å². The number of hydrogen-bond acceptors (Lipinski definition) is 1. The Balaban J connectivity index is 2.27. The molecule has 1 aromatic carbocycles. The molecular formula is C12H13FO. The standard InChI is InChI=1S/C12H13FO/c13-8-10-2-4-11(5-3-10)12(9-14)6-1-7-12/h2-5,9H,1,6-8H2. The summed E-state index contributed by atoms with van der Waals surface area (Å²) in [6.45, 7) is -0.436. The Kier molecular flexibility index (Phi) is 2.36. The molecule has 1 aromatic rings. The van der Waals surface area contributed by atoms with Crippen LogP contribution in [0.2, 0.25) is 0 Å². The molecule has 1 saturated carbocycles. The summed E-state index contributed by atoms with van der Waals surface area (Å²) in [5.41, 5.74) is 1.46. The second kappa shape index (κ2) is 3.52. The molecule has 0 unspecified atom stereocenters. The average Bonchev–Trinajstić information content (AvgIpc) is 2.18. The van der Waals surface area contributed by atoms with Crippen molar-refractivity contribution in [1.29, 1.82) is 0 Å². The summed E-state index contributed by atoms with van der Waals surface area (Å²) in [5.74, 6) is 0. The maximum absolute atomic E-state index is 12.3. The summed E-state index contributed by atoms with van der Waals surface area (Å²) < 4.78 is 12.3. The van der Waals surface area contributed by atoms with E-state index in [4.69, 9.17) is 0 Å². The first-order chi connectivity index (χ1) is 6.80. The lowest BCUT2D eigenvalue weighted by Crippen LogP contribution is -2.35. The van der Waals surface area contributed by atoms with Gasteiger partial charge in [-0.15, -0.1) is 0 Å². The van der Waals surface area contributed by atoms with Crippen LogP contribution in [-0.4, -0.2) is 6.29 Å². The lowest BCUT2D eigenvalue weighted by molar-refractivity contribution is -0.115. The zero-order chi connectivity index (χ0) is 10.0. The highest BCUT2D eigenvalue weighted by Gasteiger charge is 2.38. The number of hydrogen-bond donors (Lipinski definition) is 0. The second-order valence-corrected chi connectivity index (χ2v) is 3.96. The van der Waals surface area contributed by atoms with Gasteiger partial charge < -0.3 is 4.79 Å². The van der Waals surface area contributed by atoms with Gasteiger partial charge in [0, 0.05) is 0 Å². The number of halogens is 1. The van der Waals surface area contributed by atoms with Crippen molar-refractivity contribution in [3.05, 3.63) is 35.4 Å². The highest BCUT2D eigenvalue weighted by Crippen LogP contribution is 2.41. The summed E-state index contributed by atoms with van der Waals surface area (Å²) in [7, 11) is 0. The van der Waals surface area contributed by atoms with Gasteiger partial charge in [0.2, 0.25) is 0 Å². The van der Waals surface area contributed by atoms with Crippen molar-refractivity contribution in [2.45, 2.75) is 31.4 Å². The molecule has 74 valence electrons. The molecule has 0 atom stereocenters. The fraction of sp³-hybridized carbons (Fsp3) is 0.417. The Morgan fingerprint density at radius 1 is 1.29 bits per heavy atom. The van der Waals surface area contributed by atoms with Gasteiger partial charge in [-0.25, -0.2) is 4.39 Å². The highest BCUT2D eigenvalue weighted by molar-refractivity contribution is 5.70. The Labute approximate surface area is 82.9 Å². The number of rotatable bonds is 3. The molecule has 1 aliphatic carbocycles. The van der Waals surface area contributed by atoms with Crippen molar-refractivity contribution in [3.63, 3.8) is 0 Å². The van der Waals surface area contributed by atoms with Crippen molar-refractivity contribution in [3.8, 4) is 0 Å². The zero-order valence-electron chi connectivity index (χ0n) is 8.00. The lowest BCUT2D eigenvalue weighted by Gasteiger charge is -2.37. The Morgan fingerprint density at radius 3 is 2.29 bits per heavy atom. The van der Waals surface area contributed by atoms with Crippen LogP contribution >= 0.6 is 0 Å². The number of benzene rings is 1. The molecule has 0 radical (unpaired) electrons. The molecule has 1 aliphatic rings. The molecule has 0 aliphatic heterocycles. The first-order valence-electron chi connectivity index (χ1n) is 4.92. The topological polar surface area (TPSA) is 17.1 Å². The summed E-state index contributed by atoms with van der Waals surface area (Å²) in [6, 6.07) is 7.28. The van der Waals surface area contributed by atoms with E-state index < -0.39 is 6.67 Å². The van der Waals surface area contributed by atoms with Gasteiger partial charge >= 0.3 is 0 Å². The molecule has 0 N–H and O–H groups in total. The quantitative estimate of drug-likeness (QED) is 0.673. The van der Waals surface area contributed by atoms with Crippen LogP contribution < -0.4 is 0 Å². The molecule has 14 heavy (non-hydrogen) atoms. The smallest absolute Gasteiger partial charge is 0.130 e. The van der Waals surface area contributed by atoms with Gasteiger partial charge in [0.15, 0.2) is 0 Å². The summed E-state index contributed by atoms with van der Waals surface area (Å²) in [4.78, 5) is 11.0. The molecule has 0 bridgehead atoms. The van der Waals surface area contributed by atoms with Gasteiger partial charge in [0.1, 0.15) is 13.0 Å². The minimum absolute atomic E-state index is 0.255. The number of carbonyl (C=O) groups is 1. The first kappa shape index (κ1) is 9.38. The third-order valence-electron chi connectivity index (χ3n) is 3.15. The van der Waals surface area contributed by atoms with Crippen LogP contribution in [0.4, 0.5) is 4.39 Å². The van der Waals surface area contributed by atoms with Crippen molar-refractivity contribution >= 4 is 6.29 Å². The monoisotopic (exact) mass is 192 g/mol. The minimum atomic E-state index is -0.436. The van der Waals surface area contributed by atoms with Crippen LogP contribution in [0, 0.1) is 0 Å². The van der Waals surface area contributed by atoms with E-state index in [0.717, 1.165) is 31.1 Å². The lowest BCUT2D eigenvalue weighted by atomic mass is 9.65. The van der Waals surface area contributed by atoms with Crippen molar-refractivity contribution in [2.75, 3.05) is 0 Å². The average molecular weight is 192 g/mol. The maximum Gasteiger partial charge on any atom is 0.130 e. The fourth-order valence-electron chi connectivity index (χ4n) is 1.96. The SMILES string of the molecule is O=CC1(c2ccc(CF)cc2)CCC1. The second-order valence-electron chi connectivity index (χ2n) is 3.96. The van der Waals surface area contributed by atoms with Crippen molar-refractivity contribution in [2.24, 2.45) is 0 Å². The summed E-state index contributed by atoms with van der Waals surface area (Å²) >= 11 is 0. The van der Waals surface area contributed by atoms with E-state index in [2.05, 4.69) is 0 Å². The highest BCUT2D eigenvalue weighted by atomic mass is 19.1. The fourth-order valence-corrected chi connectivity index (χ4v) is 1.96. The molecule has 2 rings (SSSR count). The maximum atomic E-state index is 12.3. The van der Waals surface area contributed by atoms with E-state index in [1.165, 1.54) is 0 Å². The van der Waals surface area contributed by atoms with Crippen LogP contribution in [-0.2, 0) is 16.9 Å². The Morgan fingerprint density at radius 2 is 1.93 bits per heavy atom. The van der Waals surface area contributed by atoms with Crippen molar-refractivity contribution in [1.82, 2.24) is 0 Å². The molecular weight excluding hydrogens is 179 g/mol. The molecule has 0 saturated heterocycles. The Hall–Kier alpha value is -1.18. The third-order valence-corrected chi connectivity index (χ3v) is 3.15. The number of aldehydes is 1. The largest absolute Gasteiger partial charge is 0.302 e. The predicted molar refractivity (Wildman–Crippen MR) is 52.8 cm³/mol. The van der Waals surface area contributed by atoms with Crippen LogP contribution in [0.15, 0.2) is 24.3 Å². The number of carbonyl (C=O) groups excluding carboxylic acids is 1. The van der Waals surface area contributed by atoms with Gasteiger partial charge in [-0.1, -0.05) is 30.7 Å². The molecule has 1 fully saturated rings. The van der Waals surface area contributed by atoms with Gasteiger partial charge in [-0.05, 0) is 24.0 Å². The molecule has 2 heteroatoms. The van der Waals surface area contributed by atoms with Crippen LogP contribution in [0.1, 0.15) is 30.4 Å². The Bertz CT molecular complexity index is 325.